The first-order chi connectivity index (χ1) is 13.6. The fourth-order valence-corrected chi connectivity index (χ4v) is 2.85. The number of benzene rings is 2. The predicted molar refractivity (Wildman–Crippen MR) is 103 cm³/mol. The quantitative estimate of drug-likeness (QED) is 0.481. The van der Waals surface area contributed by atoms with Gasteiger partial charge < -0.3 is 9.15 Å². The number of ether oxygens (including phenoxy) is 1. The summed E-state index contributed by atoms with van der Waals surface area (Å²) in [6.07, 6.45) is 2.73. The van der Waals surface area contributed by atoms with Gasteiger partial charge in [0, 0.05) is 10.6 Å². The maximum absolute atomic E-state index is 12.2. The van der Waals surface area contributed by atoms with Crippen LogP contribution in [0.25, 0.3) is 22.4 Å². The van der Waals surface area contributed by atoms with Crippen molar-refractivity contribution in [2.24, 2.45) is 0 Å². The van der Waals surface area contributed by atoms with Gasteiger partial charge in [0.25, 0.3) is 5.56 Å². The summed E-state index contributed by atoms with van der Waals surface area (Å²) in [6.45, 7) is -0.364. The first-order valence-electron chi connectivity index (χ1n) is 8.41. The molecule has 7 nitrogen and oxygen atoms in total. The van der Waals surface area contributed by atoms with Gasteiger partial charge in [-0.2, -0.15) is 0 Å². The third kappa shape index (κ3) is 3.79. The van der Waals surface area contributed by atoms with Crippen LogP contribution in [0.5, 0.6) is 0 Å². The van der Waals surface area contributed by atoms with Crippen molar-refractivity contribution in [3.8, 4) is 11.3 Å². The molecule has 4 aromatic rings. The average molecular weight is 396 g/mol. The Kier molecular flexibility index (Phi) is 4.90. The second kappa shape index (κ2) is 7.66. The monoisotopic (exact) mass is 395 g/mol. The average Bonchev–Trinajstić information content (AvgIpc) is 3.18. The van der Waals surface area contributed by atoms with E-state index in [0.717, 1.165) is 5.56 Å². The summed E-state index contributed by atoms with van der Waals surface area (Å²) in [4.78, 5) is 32.5. The third-order valence-corrected chi connectivity index (χ3v) is 4.33. The molecule has 0 aliphatic rings. The standard InChI is InChI=1S/C20H14ClN3O4/c21-14-7-5-13(6-8-14)17-9-23-18(28-17)12-27-20(26)11-24-16-4-2-1-3-15(16)22-10-19(24)25/h1-10H,11-12H2. The normalized spacial score (nSPS) is 10.9. The summed E-state index contributed by atoms with van der Waals surface area (Å²) in [6, 6.07) is 14.2. The van der Waals surface area contributed by atoms with Crippen LogP contribution in [0.1, 0.15) is 5.89 Å². The molecule has 0 saturated heterocycles. The van der Waals surface area contributed by atoms with E-state index in [0.29, 0.717) is 21.8 Å². The highest BCUT2D eigenvalue weighted by atomic mass is 35.5. The van der Waals surface area contributed by atoms with Crippen molar-refractivity contribution in [2.75, 3.05) is 0 Å². The Morgan fingerprint density at radius 1 is 1.07 bits per heavy atom. The van der Waals surface area contributed by atoms with Crippen molar-refractivity contribution in [2.45, 2.75) is 13.2 Å². The van der Waals surface area contributed by atoms with Crippen LogP contribution >= 0.6 is 11.6 Å². The first kappa shape index (κ1) is 17.9. The number of nitrogens with zero attached hydrogens (tertiary/aromatic N) is 3. The van der Waals surface area contributed by atoms with Gasteiger partial charge in [-0.1, -0.05) is 23.7 Å². The Balaban J connectivity index is 1.44. The summed E-state index contributed by atoms with van der Waals surface area (Å²) in [5.41, 5.74) is 1.62. The lowest BCUT2D eigenvalue weighted by Gasteiger charge is -2.08. The van der Waals surface area contributed by atoms with Crippen molar-refractivity contribution >= 4 is 28.6 Å². The summed E-state index contributed by atoms with van der Waals surface area (Å²) < 4.78 is 12.1. The zero-order valence-corrected chi connectivity index (χ0v) is 15.3. The third-order valence-electron chi connectivity index (χ3n) is 4.08. The first-order valence-corrected chi connectivity index (χ1v) is 8.79. The molecule has 0 spiro atoms. The number of hydrogen-bond acceptors (Lipinski definition) is 6. The highest BCUT2D eigenvalue weighted by Crippen LogP contribution is 2.22. The number of esters is 1. The lowest BCUT2D eigenvalue weighted by molar-refractivity contribution is -0.146. The Morgan fingerprint density at radius 2 is 1.86 bits per heavy atom. The van der Waals surface area contributed by atoms with E-state index in [1.807, 2.05) is 6.07 Å². The molecule has 140 valence electrons. The van der Waals surface area contributed by atoms with Crippen LogP contribution in [-0.4, -0.2) is 20.5 Å². The van der Waals surface area contributed by atoms with Crippen LogP contribution in [0, 0.1) is 0 Å². The molecule has 2 aromatic heterocycles. The summed E-state index contributed by atoms with van der Waals surface area (Å²) in [7, 11) is 0. The maximum Gasteiger partial charge on any atom is 0.326 e. The zero-order chi connectivity index (χ0) is 19.5. The van der Waals surface area contributed by atoms with E-state index in [1.54, 1.807) is 48.7 Å². The minimum atomic E-state index is -0.579. The lowest BCUT2D eigenvalue weighted by Crippen LogP contribution is -2.25. The highest BCUT2D eigenvalue weighted by molar-refractivity contribution is 6.30. The number of aromatic nitrogens is 3. The molecule has 0 atom stereocenters. The van der Waals surface area contributed by atoms with Gasteiger partial charge in [0.05, 0.1) is 23.4 Å². The molecule has 0 saturated carbocycles. The Morgan fingerprint density at radius 3 is 2.68 bits per heavy atom. The zero-order valence-electron chi connectivity index (χ0n) is 14.5. The van der Waals surface area contributed by atoms with Crippen LogP contribution < -0.4 is 5.56 Å². The summed E-state index contributed by atoms with van der Waals surface area (Å²) in [5.74, 6) is 0.217. The summed E-state index contributed by atoms with van der Waals surface area (Å²) in [5, 5.41) is 0.622. The van der Waals surface area contributed by atoms with Crippen molar-refractivity contribution in [3.63, 3.8) is 0 Å². The molecule has 2 heterocycles. The Hall–Kier alpha value is -3.45. The molecular formula is C20H14ClN3O4. The Bertz CT molecular complexity index is 1200. The SMILES string of the molecule is O=C(Cn1c(=O)cnc2ccccc21)OCc1ncc(-c2ccc(Cl)cc2)o1. The number of carbonyl (C=O) groups is 1. The van der Waals surface area contributed by atoms with Crippen LogP contribution in [0.2, 0.25) is 5.02 Å². The molecule has 0 aliphatic carbocycles. The van der Waals surface area contributed by atoms with Gasteiger partial charge in [0.15, 0.2) is 12.4 Å². The smallest absolute Gasteiger partial charge is 0.326 e. The lowest BCUT2D eigenvalue weighted by atomic mass is 10.2. The molecule has 0 aliphatic heterocycles. The van der Waals surface area contributed by atoms with Crippen LogP contribution in [0.3, 0.4) is 0 Å². The molecule has 0 radical (unpaired) electrons. The van der Waals surface area contributed by atoms with Crippen molar-refractivity contribution < 1.29 is 13.9 Å². The number of halogens is 1. The van der Waals surface area contributed by atoms with E-state index in [9.17, 15) is 9.59 Å². The topological polar surface area (TPSA) is 87.2 Å². The van der Waals surface area contributed by atoms with E-state index >= 15 is 0 Å². The Labute approximate surface area is 164 Å². The van der Waals surface area contributed by atoms with Crippen LogP contribution in [0.4, 0.5) is 0 Å². The van der Waals surface area contributed by atoms with E-state index in [2.05, 4.69) is 9.97 Å². The van der Waals surface area contributed by atoms with E-state index in [4.69, 9.17) is 20.8 Å². The van der Waals surface area contributed by atoms with Gasteiger partial charge in [0.2, 0.25) is 5.89 Å². The second-order valence-corrected chi connectivity index (χ2v) is 6.39. The second-order valence-electron chi connectivity index (χ2n) is 5.96. The molecule has 28 heavy (non-hydrogen) atoms. The van der Waals surface area contributed by atoms with Gasteiger partial charge in [-0.25, -0.2) is 9.97 Å². The summed E-state index contributed by atoms with van der Waals surface area (Å²) >= 11 is 5.87. The van der Waals surface area contributed by atoms with Gasteiger partial charge >= 0.3 is 5.97 Å². The van der Waals surface area contributed by atoms with Gasteiger partial charge in [-0.15, -0.1) is 0 Å². The van der Waals surface area contributed by atoms with Crippen molar-refractivity contribution in [1.29, 1.82) is 0 Å². The number of fused-ring (bicyclic) bond motifs is 1. The molecule has 8 heteroatoms. The van der Waals surface area contributed by atoms with Crippen molar-refractivity contribution in [3.05, 3.63) is 82.2 Å². The molecule has 2 aromatic carbocycles. The molecule has 0 N–H and O–H groups in total. The van der Waals surface area contributed by atoms with Gasteiger partial charge in [-0.05, 0) is 36.4 Å². The van der Waals surface area contributed by atoms with Crippen LogP contribution in [-0.2, 0) is 22.7 Å². The minimum absolute atomic E-state index is 0.135. The highest BCUT2D eigenvalue weighted by Gasteiger charge is 2.12. The number of rotatable bonds is 5. The number of carbonyl (C=O) groups excluding carboxylic acids is 1. The van der Waals surface area contributed by atoms with Crippen LogP contribution in [0.15, 0.2) is 70.1 Å². The number of hydrogen-bond donors (Lipinski definition) is 0. The van der Waals surface area contributed by atoms with E-state index in [-0.39, 0.29) is 24.6 Å². The molecule has 4 rings (SSSR count). The number of para-hydroxylation sites is 2. The predicted octanol–water partition coefficient (Wildman–Crippen LogP) is 3.45. The fourth-order valence-electron chi connectivity index (χ4n) is 2.72. The molecule has 0 unspecified atom stereocenters. The largest absolute Gasteiger partial charge is 0.454 e. The fraction of sp³-hybridized carbons (Fsp3) is 0.100. The molecular weight excluding hydrogens is 382 g/mol. The molecule has 0 amide bonds. The van der Waals surface area contributed by atoms with Gasteiger partial charge in [0.1, 0.15) is 6.54 Å². The molecule has 0 bridgehead atoms. The minimum Gasteiger partial charge on any atom is -0.454 e. The van der Waals surface area contributed by atoms with Crippen molar-refractivity contribution in [1.82, 2.24) is 14.5 Å². The van der Waals surface area contributed by atoms with Gasteiger partial charge in [-0.3, -0.25) is 14.2 Å². The van der Waals surface area contributed by atoms with E-state index < -0.39 is 5.97 Å². The number of oxazole rings is 1. The van der Waals surface area contributed by atoms with E-state index in [1.165, 1.54) is 10.8 Å². The maximum atomic E-state index is 12.2. The molecule has 0 fully saturated rings.